The van der Waals surface area contributed by atoms with Gasteiger partial charge >= 0.3 is 5.97 Å². The summed E-state index contributed by atoms with van der Waals surface area (Å²) in [5.41, 5.74) is 5.13. The summed E-state index contributed by atoms with van der Waals surface area (Å²) in [5, 5.41) is 0. The first-order valence-corrected chi connectivity index (χ1v) is 9.71. The van der Waals surface area contributed by atoms with Crippen LogP contribution in [-0.2, 0) is 19.0 Å². The molecule has 0 bridgehead atoms. The van der Waals surface area contributed by atoms with Crippen LogP contribution < -0.4 is 5.73 Å². The Morgan fingerprint density at radius 2 is 1.80 bits per heavy atom. The Morgan fingerprint density at radius 1 is 1.20 bits per heavy atom. The minimum Gasteiger partial charge on any atom is -0.462 e. The molecule has 146 valence electrons. The minimum absolute atomic E-state index is 0.0234. The Labute approximate surface area is 153 Å². The molecule has 2 aliphatic rings. The largest absolute Gasteiger partial charge is 0.462 e. The fraction of sp³-hybridized carbons (Fsp3) is 0.950. The number of nitrogens with two attached hydrogens (primary N) is 1. The van der Waals surface area contributed by atoms with E-state index in [2.05, 4.69) is 20.8 Å². The molecule has 0 amide bonds. The van der Waals surface area contributed by atoms with Crippen LogP contribution in [0.5, 0.6) is 0 Å². The van der Waals surface area contributed by atoms with E-state index in [9.17, 15) is 4.79 Å². The van der Waals surface area contributed by atoms with Gasteiger partial charge in [-0.1, -0.05) is 27.7 Å². The number of hydrogen-bond acceptors (Lipinski definition) is 5. The van der Waals surface area contributed by atoms with Crippen molar-refractivity contribution in [2.75, 3.05) is 13.2 Å². The topological polar surface area (TPSA) is 70.8 Å². The normalized spacial score (nSPS) is 27.9. The van der Waals surface area contributed by atoms with Crippen molar-refractivity contribution >= 4 is 5.97 Å². The zero-order valence-corrected chi connectivity index (χ0v) is 16.9. The fourth-order valence-corrected chi connectivity index (χ4v) is 4.16. The molecule has 3 atom stereocenters. The Morgan fingerprint density at radius 3 is 2.32 bits per heavy atom. The van der Waals surface area contributed by atoms with E-state index in [0.29, 0.717) is 19.4 Å². The summed E-state index contributed by atoms with van der Waals surface area (Å²) in [7, 11) is 0. The average Bonchev–Trinajstić information content (AvgIpc) is 3.13. The summed E-state index contributed by atoms with van der Waals surface area (Å²) < 4.78 is 17.6. The van der Waals surface area contributed by atoms with Crippen LogP contribution in [-0.4, -0.2) is 36.6 Å². The Kier molecular flexibility index (Phi) is 5.92. The van der Waals surface area contributed by atoms with Gasteiger partial charge < -0.3 is 19.9 Å². The molecule has 0 aromatic rings. The van der Waals surface area contributed by atoms with Gasteiger partial charge in [0.1, 0.15) is 12.7 Å². The van der Waals surface area contributed by atoms with Crippen molar-refractivity contribution in [1.82, 2.24) is 0 Å². The first kappa shape index (κ1) is 20.7. The van der Waals surface area contributed by atoms with Crippen LogP contribution in [0.1, 0.15) is 80.1 Å². The van der Waals surface area contributed by atoms with Gasteiger partial charge in [0.05, 0.1) is 12.0 Å². The molecule has 5 heteroatoms. The van der Waals surface area contributed by atoms with Crippen molar-refractivity contribution in [3.8, 4) is 0 Å². The lowest BCUT2D eigenvalue weighted by atomic mass is 9.63. The Bertz CT molecular complexity index is 477. The lowest BCUT2D eigenvalue weighted by Crippen LogP contribution is -2.57. The molecule has 25 heavy (non-hydrogen) atoms. The molecule has 1 saturated heterocycles. The maximum Gasteiger partial charge on any atom is 0.313 e. The predicted molar refractivity (Wildman–Crippen MR) is 98.0 cm³/mol. The molecule has 1 heterocycles. The molecular formula is C20H37NO4. The van der Waals surface area contributed by atoms with E-state index in [1.807, 2.05) is 20.8 Å². The molecule has 1 spiro atoms. The van der Waals surface area contributed by atoms with E-state index < -0.39 is 16.7 Å². The van der Waals surface area contributed by atoms with Crippen molar-refractivity contribution in [2.45, 2.75) is 97.5 Å². The van der Waals surface area contributed by atoms with Crippen LogP contribution in [0.15, 0.2) is 0 Å². The molecule has 0 radical (unpaired) electrons. The van der Waals surface area contributed by atoms with Crippen molar-refractivity contribution in [3.05, 3.63) is 0 Å². The highest BCUT2D eigenvalue weighted by Crippen LogP contribution is 2.43. The number of ether oxygens (including phenoxy) is 3. The third-order valence-electron chi connectivity index (χ3n) is 6.01. The van der Waals surface area contributed by atoms with Crippen LogP contribution in [0, 0.1) is 10.8 Å². The van der Waals surface area contributed by atoms with Gasteiger partial charge in [-0.3, -0.25) is 4.79 Å². The van der Waals surface area contributed by atoms with Gasteiger partial charge in [0.15, 0.2) is 5.79 Å². The van der Waals surface area contributed by atoms with Crippen molar-refractivity contribution in [3.63, 3.8) is 0 Å². The highest BCUT2D eigenvalue weighted by molar-refractivity contribution is 5.78. The molecule has 2 rings (SSSR count). The maximum absolute atomic E-state index is 13.0. The van der Waals surface area contributed by atoms with Gasteiger partial charge in [-0.25, -0.2) is 0 Å². The van der Waals surface area contributed by atoms with Gasteiger partial charge in [-0.15, -0.1) is 0 Å². The van der Waals surface area contributed by atoms with Crippen molar-refractivity contribution < 1.29 is 19.0 Å². The highest BCUT2D eigenvalue weighted by Gasteiger charge is 2.50. The Hall–Kier alpha value is -0.650. The molecule has 2 N–H and O–H groups in total. The smallest absolute Gasteiger partial charge is 0.313 e. The second-order valence-electron chi connectivity index (χ2n) is 9.61. The molecule has 1 saturated carbocycles. The molecule has 0 aromatic heterocycles. The van der Waals surface area contributed by atoms with Crippen LogP contribution in [0.2, 0.25) is 0 Å². The lowest BCUT2D eigenvalue weighted by molar-refractivity contribution is -0.178. The van der Waals surface area contributed by atoms with E-state index in [0.717, 1.165) is 25.7 Å². The fourth-order valence-electron chi connectivity index (χ4n) is 4.16. The van der Waals surface area contributed by atoms with Crippen LogP contribution in [0.3, 0.4) is 0 Å². The zero-order valence-electron chi connectivity index (χ0n) is 16.9. The molecular weight excluding hydrogens is 318 g/mol. The van der Waals surface area contributed by atoms with Gasteiger partial charge in [0.25, 0.3) is 0 Å². The monoisotopic (exact) mass is 355 g/mol. The van der Waals surface area contributed by atoms with E-state index in [4.69, 9.17) is 19.9 Å². The van der Waals surface area contributed by atoms with Crippen LogP contribution in [0.4, 0.5) is 0 Å². The lowest BCUT2D eigenvalue weighted by Gasteiger charge is -2.44. The third-order valence-corrected chi connectivity index (χ3v) is 6.01. The van der Waals surface area contributed by atoms with E-state index in [-0.39, 0.29) is 24.1 Å². The number of hydrogen-bond donors (Lipinski definition) is 1. The summed E-state index contributed by atoms with van der Waals surface area (Å²) in [6.45, 7) is 13.0. The number of carbonyl (C=O) groups is 1. The maximum atomic E-state index is 13.0. The molecule has 3 unspecified atom stereocenters. The quantitative estimate of drug-likeness (QED) is 0.734. The third kappa shape index (κ3) is 4.55. The van der Waals surface area contributed by atoms with Crippen molar-refractivity contribution in [2.24, 2.45) is 16.6 Å². The van der Waals surface area contributed by atoms with E-state index in [1.54, 1.807) is 0 Å². The summed E-state index contributed by atoms with van der Waals surface area (Å²) in [6.07, 6.45) is 5.36. The van der Waals surface area contributed by atoms with Gasteiger partial charge in [0.2, 0.25) is 0 Å². The standard InChI is InChI=1S/C20H37NO4/c1-7-19(6,21)18(5,14-17(2,3)4)16(22)23-12-15-13-24-20(25-15)10-8-9-11-20/h15H,7-14,21H2,1-6H3. The molecule has 1 aliphatic heterocycles. The van der Waals surface area contributed by atoms with Gasteiger partial charge in [-0.05, 0) is 44.9 Å². The molecule has 2 fully saturated rings. The summed E-state index contributed by atoms with van der Waals surface area (Å²) in [4.78, 5) is 13.0. The first-order valence-electron chi connectivity index (χ1n) is 9.71. The van der Waals surface area contributed by atoms with Crippen LogP contribution in [0.25, 0.3) is 0 Å². The molecule has 5 nitrogen and oxygen atoms in total. The summed E-state index contributed by atoms with van der Waals surface area (Å²) in [6, 6.07) is 0. The summed E-state index contributed by atoms with van der Waals surface area (Å²) >= 11 is 0. The van der Waals surface area contributed by atoms with E-state index >= 15 is 0 Å². The highest BCUT2D eigenvalue weighted by atomic mass is 16.8. The predicted octanol–water partition coefficient (Wildman–Crippen LogP) is 3.79. The SMILES string of the molecule is CCC(C)(N)C(C)(CC(C)(C)C)C(=O)OCC1COC2(CCCC2)O1. The zero-order chi connectivity index (χ0) is 18.9. The number of esters is 1. The second-order valence-corrected chi connectivity index (χ2v) is 9.61. The minimum atomic E-state index is -0.746. The average molecular weight is 356 g/mol. The second kappa shape index (κ2) is 7.16. The molecule has 1 aliphatic carbocycles. The van der Waals surface area contributed by atoms with Crippen molar-refractivity contribution in [1.29, 1.82) is 0 Å². The van der Waals surface area contributed by atoms with Crippen LogP contribution >= 0.6 is 0 Å². The first-order chi connectivity index (χ1) is 11.4. The summed E-state index contributed by atoms with van der Waals surface area (Å²) in [5.74, 6) is -0.650. The van der Waals surface area contributed by atoms with Gasteiger partial charge in [-0.2, -0.15) is 0 Å². The molecule has 0 aromatic carbocycles. The Balaban J connectivity index is 2.00. The van der Waals surface area contributed by atoms with Gasteiger partial charge in [0, 0.05) is 18.4 Å². The number of rotatable bonds is 6. The number of carbonyl (C=O) groups excluding carboxylic acids is 1. The van der Waals surface area contributed by atoms with E-state index in [1.165, 1.54) is 0 Å².